The smallest absolute Gasteiger partial charge is 0.311 e. The number of nitrogens with one attached hydrogen (secondary N) is 2. The summed E-state index contributed by atoms with van der Waals surface area (Å²) in [7, 11) is 1.35. The Hall–Kier alpha value is -3.30. The van der Waals surface area contributed by atoms with Crippen LogP contribution in [0.4, 0.5) is 11.6 Å². The molecule has 0 fully saturated rings. The van der Waals surface area contributed by atoms with E-state index in [-0.39, 0.29) is 28.6 Å². The van der Waals surface area contributed by atoms with Crippen LogP contribution in [-0.2, 0) is 0 Å². The Morgan fingerprint density at radius 3 is 2.86 bits per heavy atom. The molecule has 1 heterocycles. The molecule has 0 atom stereocenters. The van der Waals surface area contributed by atoms with E-state index in [0.29, 0.717) is 5.56 Å². The molecule has 10 heteroatoms. The van der Waals surface area contributed by atoms with Crippen molar-refractivity contribution in [3.05, 3.63) is 49.9 Å². The van der Waals surface area contributed by atoms with Gasteiger partial charge >= 0.3 is 5.69 Å². The van der Waals surface area contributed by atoms with Crippen LogP contribution in [0.3, 0.4) is 0 Å². The lowest BCUT2D eigenvalue weighted by molar-refractivity contribution is -0.385. The second-order valence-electron chi connectivity index (χ2n) is 4.15. The van der Waals surface area contributed by atoms with Crippen LogP contribution in [0.1, 0.15) is 11.3 Å². The summed E-state index contributed by atoms with van der Waals surface area (Å²) >= 11 is 0. The maximum Gasteiger partial charge on any atom is 0.311 e. The highest BCUT2D eigenvalue weighted by molar-refractivity contribution is 5.81. The first-order valence-corrected chi connectivity index (χ1v) is 6.06. The summed E-state index contributed by atoms with van der Waals surface area (Å²) in [6.45, 7) is 1.52. The third kappa shape index (κ3) is 3.42. The Morgan fingerprint density at radius 2 is 2.23 bits per heavy atom. The number of nitro groups is 1. The molecule has 0 bridgehead atoms. The van der Waals surface area contributed by atoms with E-state index >= 15 is 0 Å². The second kappa shape index (κ2) is 6.43. The predicted octanol–water partition coefficient (Wildman–Crippen LogP) is 0.836. The van der Waals surface area contributed by atoms with Gasteiger partial charge in [0.25, 0.3) is 5.56 Å². The summed E-state index contributed by atoms with van der Waals surface area (Å²) in [5.41, 5.74) is 2.64. The van der Waals surface area contributed by atoms with Crippen molar-refractivity contribution < 1.29 is 9.66 Å². The van der Waals surface area contributed by atoms with Crippen LogP contribution in [0.15, 0.2) is 28.1 Å². The number of nitrogens with zero attached hydrogens (tertiary/aromatic N) is 4. The van der Waals surface area contributed by atoms with E-state index in [1.807, 2.05) is 0 Å². The molecule has 114 valence electrons. The van der Waals surface area contributed by atoms with Crippen molar-refractivity contribution in [2.24, 2.45) is 5.10 Å². The standard InChI is InChI=1S/C12H12N6O4/c1-7-11(19)14-12(17-15-7)16-13-6-8-3-4-10(22-2)9(5-8)18(20)21/h3-6H,1-2H3,(H2,14,16,17,19)/b13-6-. The van der Waals surface area contributed by atoms with E-state index in [1.54, 1.807) is 6.07 Å². The molecular weight excluding hydrogens is 292 g/mol. The Balaban J connectivity index is 2.16. The fourth-order valence-corrected chi connectivity index (χ4v) is 1.54. The second-order valence-corrected chi connectivity index (χ2v) is 4.15. The number of methoxy groups -OCH3 is 1. The van der Waals surface area contributed by atoms with Gasteiger partial charge in [-0.05, 0) is 19.1 Å². The number of aromatic nitrogens is 3. The lowest BCUT2D eigenvalue weighted by atomic mass is 10.2. The van der Waals surface area contributed by atoms with Crippen LogP contribution >= 0.6 is 0 Å². The van der Waals surface area contributed by atoms with Gasteiger partial charge in [0.2, 0.25) is 5.95 Å². The highest BCUT2D eigenvalue weighted by Gasteiger charge is 2.14. The molecule has 2 N–H and O–H groups in total. The maximum absolute atomic E-state index is 11.3. The Labute approximate surface area is 124 Å². The molecule has 0 amide bonds. The molecule has 1 aromatic carbocycles. The zero-order valence-corrected chi connectivity index (χ0v) is 11.7. The van der Waals surface area contributed by atoms with Crippen LogP contribution in [-0.4, -0.2) is 33.4 Å². The van der Waals surface area contributed by atoms with Crippen LogP contribution in [0.5, 0.6) is 5.75 Å². The number of ether oxygens (including phenoxy) is 1. The van der Waals surface area contributed by atoms with Gasteiger partial charge in [0.1, 0.15) is 5.69 Å². The molecule has 0 saturated heterocycles. The summed E-state index contributed by atoms with van der Waals surface area (Å²) in [5.74, 6) is 0.221. The lowest BCUT2D eigenvalue weighted by Crippen LogP contribution is -2.15. The number of hydrogen-bond donors (Lipinski definition) is 2. The molecule has 2 aromatic rings. The monoisotopic (exact) mass is 304 g/mol. The zero-order chi connectivity index (χ0) is 16.1. The Bertz CT molecular complexity index is 785. The molecule has 0 aliphatic carbocycles. The normalized spacial score (nSPS) is 10.6. The first-order valence-electron chi connectivity index (χ1n) is 6.06. The third-order valence-electron chi connectivity index (χ3n) is 2.64. The van der Waals surface area contributed by atoms with E-state index in [1.165, 1.54) is 32.4 Å². The van der Waals surface area contributed by atoms with Gasteiger partial charge in [-0.15, -0.1) is 10.2 Å². The summed E-state index contributed by atoms with van der Waals surface area (Å²) < 4.78 is 4.90. The van der Waals surface area contributed by atoms with Crippen LogP contribution in [0.25, 0.3) is 0 Å². The van der Waals surface area contributed by atoms with Gasteiger partial charge in [-0.25, -0.2) is 5.43 Å². The van der Waals surface area contributed by atoms with Crippen LogP contribution in [0, 0.1) is 17.0 Å². The number of aromatic amines is 1. The van der Waals surface area contributed by atoms with Gasteiger partial charge in [0.05, 0.1) is 18.2 Å². The number of nitro benzene ring substituents is 1. The minimum atomic E-state index is -0.549. The van der Waals surface area contributed by atoms with Crippen molar-refractivity contribution in [3.63, 3.8) is 0 Å². The minimum absolute atomic E-state index is 0.0647. The van der Waals surface area contributed by atoms with Crippen molar-refractivity contribution >= 4 is 17.9 Å². The molecule has 0 saturated carbocycles. The number of hydrogen-bond acceptors (Lipinski definition) is 8. The van der Waals surface area contributed by atoms with Crippen molar-refractivity contribution in [2.75, 3.05) is 12.5 Å². The average molecular weight is 304 g/mol. The molecule has 0 radical (unpaired) electrons. The van der Waals surface area contributed by atoms with Crippen molar-refractivity contribution in [3.8, 4) is 5.75 Å². The first kappa shape index (κ1) is 15.1. The van der Waals surface area contributed by atoms with Crippen LogP contribution < -0.4 is 15.7 Å². The molecule has 1 aromatic heterocycles. The number of hydrazone groups is 1. The molecular formula is C12H12N6O4. The molecule has 0 unspecified atom stereocenters. The molecule has 2 rings (SSSR count). The van der Waals surface area contributed by atoms with Gasteiger partial charge in [0, 0.05) is 11.6 Å². The quantitative estimate of drug-likeness (QED) is 0.474. The largest absolute Gasteiger partial charge is 0.490 e. The molecule has 10 nitrogen and oxygen atoms in total. The number of H-pyrrole nitrogens is 1. The lowest BCUT2D eigenvalue weighted by Gasteiger charge is -2.02. The number of benzene rings is 1. The van der Waals surface area contributed by atoms with Crippen LogP contribution in [0.2, 0.25) is 0 Å². The SMILES string of the molecule is COc1ccc(/C=N\Nc2nnc(C)c(=O)[nH]2)cc1[N+](=O)[O-]. The summed E-state index contributed by atoms with van der Waals surface area (Å²) in [5, 5.41) is 22.0. The number of anilines is 1. The fourth-order valence-electron chi connectivity index (χ4n) is 1.54. The average Bonchev–Trinajstić information content (AvgIpc) is 2.50. The van der Waals surface area contributed by atoms with E-state index in [2.05, 4.69) is 25.7 Å². The molecule has 0 aliphatic rings. The van der Waals surface area contributed by atoms with Gasteiger partial charge in [0.15, 0.2) is 5.75 Å². The van der Waals surface area contributed by atoms with E-state index in [9.17, 15) is 14.9 Å². The maximum atomic E-state index is 11.3. The highest BCUT2D eigenvalue weighted by Crippen LogP contribution is 2.26. The summed E-state index contributed by atoms with van der Waals surface area (Å²) in [4.78, 5) is 24.1. The van der Waals surface area contributed by atoms with Gasteiger partial charge < -0.3 is 4.74 Å². The summed E-state index contributed by atoms with van der Waals surface area (Å²) in [6, 6.07) is 4.38. The van der Waals surface area contributed by atoms with Crippen molar-refractivity contribution in [2.45, 2.75) is 6.92 Å². The molecule has 0 spiro atoms. The first-order chi connectivity index (χ1) is 10.5. The molecule has 22 heavy (non-hydrogen) atoms. The minimum Gasteiger partial charge on any atom is -0.490 e. The van der Waals surface area contributed by atoms with Gasteiger partial charge in [-0.2, -0.15) is 5.10 Å². The zero-order valence-electron chi connectivity index (χ0n) is 11.7. The Morgan fingerprint density at radius 1 is 1.45 bits per heavy atom. The van der Waals surface area contributed by atoms with E-state index in [0.717, 1.165) is 0 Å². The van der Waals surface area contributed by atoms with E-state index in [4.69, 9.17) is 4.74 Å². The third-order valence-corrected chi connectivity index (χ3v) is 2.64. The summed E-state index contributed by atoms with van der Waals surface area (Å²) in [6.07, 6.45) is 1.34. The Kier molecular flexibility index (Phi) is 4.41. The molecule has 0 aliphatic heterocycles. The topological polar surface area (TPSA) is 135 Å². The van der Waals surface area contributed by atoms with Gasteiger partial charge in [-0.3, -0.25) is 19.9 Å². The fraction of sp³-hybridized carbons (Fsp3) is 0.167. The van der Waals surface area contributed by atoms with Crippen molar-refractivity contribution in [1.29, 1.82) is 0 Å². The predicted molar refractivity (Wildman–Crippen MR) is 78.3 cm³/mol. The van der Waals surface area contributed by atoms with E-state index < -0.39 is 4.92 Å². The number of aryl methyl sites for hydroxylation is 1. The van der Waals surface area contributed by atoms with Crippen molar-refractivity contribution in [1.82, 2.24) is 15.2 Å². The van der Waals surface area contributed by atoms with Gasteiger partial charge in [-0.1, -0.05) is 0 Å². The number of rotatable bonds is 5. The highest BCUT2D eigenvalue weighted by atomic mass is 16.6.